The van der Waals surface area contributed by atoms with E-state index in [-0.39, 0.29) is 0 Å². The minimum Gasteiger partial charge on any atom is -0.481 e. The van der Waals surface area contributed by atoms with Crippen LogP contribution in [0.2, 0.25) is 0 Å². The summed E-state index contributed by atoms with van der Waals surface area (Å²) < 4.78 is 6.84. The molecule has 0 aliphatic carbocycles. The first-order valence-electron chi connectivity index (χ1n) is 5.87. The van der Waals surface area contributed by atoms with Gasteiger partial charge in [0.15, 0.2) is 0 Å². The summed E-state index contributed by atoms with van der Waals surface area (Å²) in [6.45, 7) is 2.97. The van der Waals surface area contributed by atoms with Gasteiger partial charge in [0.05, 0.1) is 19.0 Å². The molecule has 2 heterocycles. The summed E-state index contributed by atoms with van der Waals surface area (Å²) in [6, 6.07) is 4.13. The zero-order valence-corrected chi connectivity index (χ0v) is 10.6. The molecule has 2 rings (SSSR count). The molecule has 0 amide bonds. The fourth-order valence-electron chi connectivity index (χ4n) is 1.62. The largest absolute Gasteiger partial charge is 0.481 e. The van der Waals surface area contributed by atoms with Gasteiger partial charge in [-0.3, -0.25) is 4.68 Å². The lowest BCUT2D eigenvalue weighted by molar-refractivity contribution is 0.398. The maximum absolute atomic E-state index is 5.01. The molecule has 6 heteroatoms. The fourth-order valence-corrected chi connectivity index (χ4v) is 1.62. The van der Waals surface area contributed by atoms with Crippen LogP contribution in [0.15, 0.2) is 31.0 Å². The van der Waals surface area contributed by atoms with Gasteiger partial charge >= 0.3 is 0 Å². The Bertz CT molecular complexity index is 454. The number of aryl methyl sites for hydroxylation is 1. The molecule has 1 N–H and O–H groups in total. The highest BCUT2D eigenvalue weighted by molar-refractivity contribution is 5.42. The molecule has 18 heavy (non-hydrogen) atoms. The van der Waals surface area contributed by atoms with Gasteiger partial charge in [-0.1, -0.05) is 0 Å². The van der Waals surface area contributed by atoms with Gasteiger partial charge in [0, 0.05) is 18.7 Å². The molecule has 0 saturated heterocycles. The van der Waals surface area contributed by atoms with E-state index in [1.165, 1.54) is 0 Å². The lowest BCUT2D eigenvalue weighted by atomic mass is 10.2. The second-order valence-electron chi connectivity index (χ2n) is 4.08. The van der Waals surface area contributed by atoms with Crippen LogP contribution >= 0.6 is 0 Å². The van der Waals surface area contributed by atoms with Crippen molar-refractivity contribution in [3.8, 4) is 5.88 Å². The van der Waals surface area contributed by atoms with Gasteiger partial charge in [-0.15, -0.1) is 0 Å². The number of aromatic nitrogens is 4. The molecule has 6 nitrogen and oxygen atoms in total. The third kappa shape index (κ3) is 3.44. The van der Waals surface area contributed by atoms with Crippen molar-refractivity contribution in [3.05, 3.63) is 31.0 Å². The lowest BCUT2D eigenvalue weighted by Crippen LogP contribution is -2.18. The highest BCUT2D eigenvalue weighted by atomic mass is 16.5. The van der Waals surface area contributed by atoms with E-state index in [0.717, 1.165) is 18.7 Å². The van der Waals surface area contributed by atoms with Crippen molar-refractivity contribution in [1.82, 2.24) is 19.7 Å². The van der Waals surface area contributed by atoms with Crippen LogP contribution in [0.25, 0.3) is 0 Å². The summed E-state index contributed by atoms with van der Waals surface area (Å²) in [4.78, 5) is 8.06. The molecule has 0 radical (unpaired) electrons. The van der Waals surface area contributed by atoms with Gasteiger partial charge in [-0.05, 0) is 19.4 Å². The molecule has 0 aromatic carbocycles. The van der Waals surface area contributed by atoms with Crippen LogP contribution < -0.4 is 10.1 Å². The molecular formula is C12H17N5O. The van der Waals surface area contributed by atoms with E-state index < -0.39 is 0 Å². The third-order valence-electron chi connectivity index (χ3n) is 2.62. The molecular weight excluding hydrogens is 230 g/mol. The normalized spacial score (nSPS) is 12.1. The Morgan fingerprint density at radius 3 is 2.94 bits per heavy atom. The van der Waals surface area contributed by atoms with Crippen molar-refractivity contribution in [2.45, 2.75) is 25.9 Å². The van der Waals surface area contributed by atoms with E-state index in [1.807, 2.05) is 16.8 Å². The van der Waals surface area contributed by atoms with Crippen molar-refractivity contribution < 1.29 is 4.74 Å². The van der Waals surface area contributed by atoms with E-state index in [1.54, 1.807) is 26.0 Å². The van der Waals surface area contributed by atoms with Gasteiger partial charge in [0.1, 0.15) is 12.7 Å². The molecule has 0 unspecified atom stereocenters. The van der Waals surface area contributed by atoms with E-state index >= 15 is 0 Å². The average molecular weight is 247 g/mol. The summed E-state index contributed by atoms with van der Waals surface area (Å²) in [6.07, 6.45) is 6.01. The second kappa shape index (κ2) is 6.00. The fraction of sp³-hybridized carbons (Fsp3) is 0.417. The zero-order chi connectivity index (χ0) is 12.8. The molecule has 2 aromatic heterocycles. The second-order valence-corrected chi connectivity index (χ2v) is 4.08. The molecule has 0 spiro atoms. The number of anilines is 1. The van der Waals surface area contributed by atoms with Crippen molar-refractivity contribution in [1.29, 1.82) is 0 Å². The summed E-state index contributed by atoms with van der Waals surface area (Å²) in [5.41, 5.74) is 0.988. The summed E-state index contributed by atoms with van der Waals surface area (Å²) in [5, 5.41) is 7.44. The zero-order valence-electron chi connectivity index (χ0n) is 10.6. The quantitative estimate of drug-likeness (QED) is 0.839. The van der Waals surface area contributed by atoms with E-state index in [2.05, 4.69) is 27.3 Å². The van der Waals surface area contributed by atoms with Crippen molar-refractivity contribution in [2.24, 2.45) is 0 Å². The minimum atomic E-state index is 0.337. The standard InChI is InChI=1S/C12H17N5O/c1-10(5-6-17-9-13-8-15-17)16-11-3-4-12(18-2)14-7-11/h3-4,7-10,16H,5-6H2,1-2H3/t10-/m1/s1. The third-order valence-corrected chi connectivity index (χ3v) is 2.62. The maximum atomic E-state index is 5.01. The van der Waals surface area contributed by atoms with Crippen LogP contribution in [-0.4, -0.2) is 32.9 Å². The molecule has 0 aliphatic rings. The van der Waals surface area contributed by atoms with Gasteiger partial charge < -0.3 is 10.1 Å². The topological polar surface area (TPSA) is 64.9 Å². The number of rotatable bonds is 6. The first-order valence-corrected chi connectivity index (χ1v) is 5.87. The summed E-state index contributed by atoms with van der Waals surface area (Å²) in [5.74, 6) is 0.621. The number of hydrogen-bond acceptors (Lipinski definition) is 5. The predicted octanol–water partition coefficient (Wildman–Crippen LogP) is 1.57. The van der Waals surface area contributed by atoms with E-state index in [9.17, 15) is 0 Å². The van der Waals surface area contributed by atoms with E-state index in [0.29, 0.717) is 11.9 Å². The average Bonchev–Trinajstić information content (AvgIpc) is 2.90. The maximum Gasteiger partial charge on any atom is 0.213 e. The van der Waals surface area contributed by atoms with Crippen LogP contribution in [0, 0.1) is 0 Å². The van der Waals surface area contributed by atoms with Crippen LogP contribution in [0.4, 0.5) is 5.69 Å². The Kier molecular flexibility index (Phi) is 4.11. The van der Waals surface area contributed by atoms with Crippen LogP contribution in [0.3, 0.4) is 0 Å². The highest BCUT2D eigenvalue weighted by Gasteiger charge is 2.03. The van der Waals surface area contributed by atoms with Crippen LogP contribution in [-0.2, 0) is 6.54 Å². The number of nitrogens with one attached hydrogen (secondary N) is 1. The molecule has 1 atom stereocenters. The van der Waals surface area contributed by atoms with Gasteiger partial charge in [-0.25, -0.2) is 9.97 Å². The molecule has 2 aromatic rings. The number of pyridine rings is 1. The van der Waals surface area contributed by atoms with Crippen molar-refractivity contribution in [2.75, 3.05) is 12.4 Å². The summed E-state index contributed by atoms with van der Waals surface area (Å²) in [7, 11) is 1.61. The first-order chi connectivity index (χ1) is 8.78. The molecule has 0 fully saturated rings. The Hall–Kier alpha value is -2.11. The van der Waals surface area contributed by atoms with Crippen molar-refractivity contribution in [3.63, 3.8) is 0 Å². The summed E-state index contributed by atoms with van der Waals surface area (Å²) >= 11 is 0. The number of ether oxygens (including phenoxy) is 1. The number of hydrogen-bond donors (Lipinski definition) is 1. The highest BCUT2D eigenvalue weighted by Crippen LogP contribution is 2.12. The lowest BCUT2D eigenvalue weighted by Gasteiger charge is -2.14. The van der Waals surface area contributed by atoms with E-state index in [4.69, 9.17) is 4.74 Å². The van der Waals surface area contributed by atoms with Gasteiger partial charge in [-0.2, -0.15) is 5.10 Å². The molecule has 0 aliphatic heterocycles. The number of nitrogens with zero attached hydrogens (tertiary/aromatic N) is 4. The van der Waals surface area contributed by atoms with Crippen LogP contribution in [0.5, 0.6) is 5.88 Å². The number of methoxy groups -OCH3 is 1. The SMILES string of the molecule is COc1ccc(N[C@H](C)CCn2cncn2)cn1. The molecule has 96 valence electrons. The predicted molar refractivity (Wildman–Crippen MR) is 68.5 cm³/mol. The van der Waals surface area contributed by atoms with Gasteiger partial charge in [0.2, 0.25) is 5.88 Å². The van der Waals surface area contributed by atoms with Gasteiger partial charge in [0.25, 0.3) is 0 Å². The Morgan fingerprint density at radius 1 is 1.44 bits per heavy atom. The Morgan fingerprint density at radius 2 is 2.33 bits per heavy atom. The molecule has 0 bridgehead atoms. The van der Waals surface area contributed by atoms with Crippen LogP contribution in [0.1, 0.15) is 13.3 Å². The van der Waals surface area contributed by atoms with Crippen molar-refractivity contribution >= 4 is 5.69 Å². The Balaban J connectivity index is 1.80. The minimum absolute atomic E-state index is 0.337. The Labute approximate surface area is 106 Å². The molecule has 0 saturated carbocycles. The monoisotopic (exact) mass is 247 g/mol. The smallest absolute Gasteiger partial charge is 0.213 e. The first kappa shape index (κ1) is 12.3.